The first kappa shape index (κ1) is 21.5. The Hall–Kier alpha value is -2.71. The van der Waals surface area contributed by atoms with E-state index in [1.165, 1.54) is 11.8 Å². The minimum Gasteiger partial charge on any atom is -0.495 e. The van der Waals surface area contributed by atoms with Gasteiger partial charge in [-0.15, -0.1) is 11.8 Å². The molecule has 1 N–H and O–H groups in total. The smallest absolute Gasteiger partial charge is 0.268 e. The van der Waals surface area contributed by atoms with Gasteiger partial charge < -0.3 is 10.1 Å². The summed E-state index contributed by atoms with van der Waals surface area (Å²) in [4.78, 5) is 31.3. The lowest BCUT2D eigenvalue weighted by atomic mass is 10.2. The highest BCUT2D eigenvalue weighted by Crippen LogP contribution is 2.34. The Bertz CT molecular complexity index is 1150. The second-order valence-electron chi connectivity index (χ2n) is 7.22. The number of anilines is 1. The number of nitrogens with one attached hydrogen (secondary N) is 1. The van der Waals surface area contributed by atoms with Gasteiger partial charge in [-0.05, 0) is 17.7 Å². The average Bonchev–Trinajstić information content (AvgIpc) is 3.16. The van der Waals surface area contributed by atoms with Gasteiger partial charge >= 0.3 is 0 Å². The first-order valence-electron chi connectivity index (χ1n) is 9.95. The molecule has 1 aromatic heterocycles. The van der Waals surface area contributed by atoms with Crippen molar-refractivity contribution in [3.8, 4) is 5.75 Å². The van der Waals surface area contributed by atoms with Crippen LogP contribution in [0.3, 0.4) is 0 Å². The molecule has 1 amide bonds. The quantitative estimate of drug-likeness (QED) is 0.430. The zero-order valence-corrected chi connectivity index (χ0v) is 19.0. The molecule has 0 fully saturated rings. The molecule has 1 unspecified atom stereocenters. The zero-order valence-electron chi connectivity index (χ0n) is 17.3. The van der Waals surface area contributed by atoms with Crippen molar-refractivity contribution in [1.82, 2.24) is 9.55 Å². The molecule has 1 atom stereocenters. The first-order valence-corrected chi connectivity index (χ1v) is 11.8. The SMILES string of the molecule is COc1ccccc1NC(=O)CSc1nc2c(c(=O)n1Cc1ccccc1)SC(C)C2. The van der Waals surface area contributed by atoms with Crippen molar-refractivity contribution < 1.29 is 9.53 Å². The number of hydrogen-bond acceptors (Lipinski definition) is 6. The predicted octanol–water partition coefficient (Wildman–Crippen LogP) is 4.07. The molecule has 0 saturated carbocycles. The number of rotatable bonds is 7. The first-order chi connectivity index (χ1) is 15.0. The largest absolute Gasteiger partial charge is 0.495 e. The molecule has 3 aromatic rings. The van der Waals surface area contributed by atoms with Gasteiger partial charge in [-0.2, -0.15) is 0 Å². The summed E-state index contributed by atoms with van der Waals surface area (Å²) < 4.78 is 6.97. The van der Waals surface area contributed by atoms with Crippen LogP contribution in [0.2, 0.25) is 0 Å². The van der Waals surface area contributed by atoms with Gasteiger partial charge in [0.25, 0.3) is 5.56 Å². The molecule has 0 saturated heterocycles. The highest BCUT2D eigenvalue weighted by Gasteiger charge is 2.26. The number of hydrogen-bond donors (Lipinski definition) is 1. The van der Waals surface area contributed by atoms with Gasteiger partial charge in [-0.25, -0.2) is 4.98 Å². The second kappa shape index (κ2) is 9.62. The second-order valence-corrected chi connectivity index (χ2v) is 9.61. The summed E-state index contributed by atoms with van der Waals surface area (Å²) in [7, 11) is 1.56. The van der Waals surface area contributed by atoms with Gasteiger partial charge in [0.15, 0.2) is 5.16 Å². The van der Waals surface area contributed by atoms with Crippen LogP contribution in [0.1, 0.15) is 18.2 Å². The molecule has 0 radical (unpaired) electrons. The van der Waals surface area contributed by atoms with E-state index in [2.05, 4.69) is 12.2 Å². The van der Waals surface area contributed by atoms with Crippen molar-refractivity contribution in [3.05, 3.63) is 76.2 Å². The normalized spacial score (nSPS) is 14.8. The maximum atomic E-state index is 13.2. The van der Waals surface area contributed by atoms with Crippen LogP contribution in [-0.2, 0) is 17.8 Å². The van der Waals surface area contributed by atoms with Crippen LogP contribution in [0.15, 0.2) is 69.4 Å². The number of amides is 1. The van der Waals surface area contributed by atoms with Crippen molar-refractivity contribution in [2.45, 2.75) is 35.2 Å². The van der Waals surface area contributed by atoms with Gasteiger partial charge in [-0.3, -0.25) is 14.2 Å². The van der Waals surface area contributed by atoms with Crippen molar-refractivity contribution in [1.29, 1.82) is 0 Å². The Balaban J connectivity index is 1.57. The fourth-order valence-corrected chi connectivity index (χ4v) is 5.34. The van der Waals surface area contributed by atoms with Crippen molar-refractivity contribution >= 4 is 35.1 Å². The van der Waals surface area contributed by atoms with E-state index in [0.29, 0.717) is 28.4 Å². The van der Waals surface area contributed by atoms with Gasteiger partial charge in [0, 0.05) is 11.7 Å². The molecule has 6 nitrogen and oxygen atoms in total. The molecule has 1 aliphatic rings. The third-order valence-electron chi connectivity index (χ3n) is 4.86. The van der Waals surface area contributed by atoms with Crippen LogP contribution in [-0.4, -0.2) is 33.6 Å². The minimum absolute atomic E-state index is 0.0316. The summed E-state index contributed by atoms with van der Waals surface area (Å²) in [6.45, 7) is 2.52. The average molecular weight is 454 g/mol. The van der Waals surface area contributed by atoms with Crippen LogP contribution in [0.4, 0.5) is 5.69 Å². The number of thioether (sulfide) groups is 2. The third-order valence-corrected chi connectivity index (χ3v) is 7.05. The molecule has 4 rings (SSSR count). The van der Waals surface area contributed by atoms with Crippen LogP contribution < -0.4 is 15.6 Å². The number of ether oxygens (including phenoxy) is 1. The van der Waals surface area contributed by atoms with E-state index in [1.54, 1.807) is 35.6 Å². The van der Waals surface area contributed by atoms with Crippen molar-refractivity contribution in [2.75, 3.05) is 18.2 Å². The molecule has 1 aliphatic heterocycles. The van der Waals surface area contributed by atoms with Crippen LogP contribution in [0.5, 0.6) is 5.75 Å². The molecule has 160 valence electrons. The fraction of sp³-hybridized carbons (Fsp3) is 0.261. The fourth-order valence-electron chi connectivity index (χ4n) is 3.41. The Morgan fingerprint density at radius 3 is 2.74 bits per heavy atom. The molecule has 2 heterocycles. The number of benzene rings is 2. The number of aromatic nitrogens is 2. The Morgan fingerprint density at radius 1 is 1.23 bits per heavy atom. The van der Waals surface area contributed by atoms with Gasteiger partial charge in [0.1, 0.15) is 5.75 Å². The van der Waals surface area contributed by atoms with Gasteiger partial charge in [0.05, 0.1) is 35.7 Å². The number of carbonyl (C=O) groups is 1. The third kappa shape index (κ3) is 4.97. The monoisotopic (exact) mass is 453 g/mol. The van der Waals surface area contributed by atoms with E-state index >= 15 is 0 Å². The van der Waals surface area contributed by atoms with E-state index in [1.807, 2.05) is 42.5 Å². The summed E-state index contributed by atoms with van der Waals surface area (Å²) in [6, 6.07) is 17.1. The van der Waals surface area contributed by atoms with E-state index in [0.717, 1.165) is 22.6 Å². The minimum atomic E-state index is -0.182. The summed E-state index contributed by atoms with van der Waals surface area (Å²) in [5, 5.41) is 3.77. The van der Waals surface area contributed by atoms with Crippen LogP contribution >= 0.6 is 23.5 Å². The molecular formula is C23H23N3O3S2. The maximum absolute atomic E-state index is 13.2. The summed E-state index contributed by atoms with van der Waals surface area (Å²) in [5.41, 5.74) is 2.43. The Labute approximate surface area is 189 Å². The number of methoxy groups -OCH3 is 1. The molecular weight excluding hydrogens is 430 g/mol. The molecule has 2 aromatic carbocycles. The number of fused-ring (bicyclic) bond motifs is 1. The maximum Gasteiger partial charge on any atom is 0.268 e. The van der Waals surface area contributed by atoms with Gasteiger partial charge in [-0.1, -0.05) is 61.2 Å². The molecule has 0 aliphatic carbocycles. The highest BCUT2D eigenvalue weighted by atomic mass is 32.2. The van der Waals surface area contributed by atoms with Crippen molar-refractivity contribution in [2.24, 2.45) is 0 Å². The number of carbonyl (C=O) groups excluding carboxylic acids is 1. The summed E-state index contributed by atoms with van der Waals surface area (Å²) in [6.07, 6.45) is 0.766. The van der Waals surface area contributed by atoms with Gasteiger partial charge in [0.2, 0.25) is 5.91 Å². The topological polar surface area (TPSA) is 73.2 Å². The Morgan fingerprint density at radius 2 is 1.97 bits per heavy atom. The number of para-hydroxylation sites is 2. The summed E-state index contributed by atoms with van der Waals surface area (Å²) >= 11 is 2.86. The molecule has 0 bridgehead atoms. The predicted molar refractivity (Wildman–Crippen MR) is 125 cm³/mol. The van der Waals surface area contributed by atoms with Crippen LogP contribution in [0.25, 0.3) is 0 Å². The lowest BCUT2D eigenvalue weighted by Gasteiger charge is -2.14. The molecule has 8 heteroatoms. The lowest BCUT2D eigenvalue weighted by Crippen LogP contribution is -2.26. The van der Waals surface area contributed by atoms with E-state index in [9.17, 15) is 9.59 Å². The van der Waals surface area contributed by atoms with Crippen LogP contribution in [0, 0.1) is 0 Å². The lowest BCUT2D eigenvalue weighted by molar-refractivity contribution is -0.113. The van der Waals surface area contributed by atoms with Crippen molar-refractivity contribution in [3.63, 3.8) is 0 Å². The molecule has 31 heavy (non-hydrogen) atoms. The summed E-state index contributed by atoms with van der Waals surface area (Å²) in [5.74, 6) is 0.558. The zero-order chi connectivity index (χ0) is 21.8. The van der Waals surface area contributed by atoms with E-state index < -0.39 is 0 Å². The van der Waals surface area contributed by atoms with E-state index in [-0.39, 0.29) is 17.2 Å². The number of nitrogens with zero attached hydrogens (tertiary/aromatic N) is 2. The Kier molecular flexibility index (Phi) is 6.67. The van der Waals surface area contributed by atoms with E-state index in [4.69, 9.17) is 9.72 Å². The standard InChI is InChI=1S/C23H23N3O3S2/c1-15-12-18-21(31-15)22(28)26(13-16-8-4-3-5-9-16)23(25-18)30-14-20(27)24-17-10-6-7-11-19(17)29-2/h3-11,15H,12-14H2,1-2H3,(H,24,27). The molecule has 0 spiro atoms. The highest BCUT2D eigenvalue weighted by molar-refractivity contribution is 8.00.